The van der Waals surface area contributed by atoms with Crippen LogP contribution in [-0.4, -0.2) is 41.5 Å². The molecule has 0 amide bonds. The van der Waals surface area contributed by atoms with Gasteiger partial charge in [-0.2, -0.15) is 11.8 Å². The van der Waals surface area contributed by atoms with Gasteiger partial charge >= 0.3 is 0 Å². The van der Waals surface area contributed by atoms with Crippen molar-refractivity contribution < 1.29 is 5.11 Å². The third kappa shape index (κ3) is 5.42. The zero-order chi connectivity index (χ0) is 13.4. The summed E-state index contributed by atoms with van der Waals surface area (Å²) in [6, 6.07) is 8.45. The lowest BCUT2D eigenvalue weighted by Crippen LogP contribution is -2.33. The summed E-state index contributed by atoms with van der Waals surface area (Å²) in [5.41, 5.74) is 2.71. The van der Waals surface area contributed by atoms with E-state index in [2.05, 4.69) is 49.9 Å². The molecule has 0 spiro atoms. The fourth-order valence-electron chi connectivity index (χ4n) is 1.91. The van der Waals surface area contributed by atoms with E-state index in [1.807, 2.05) is 11.8 Å². The van der Waals surface area contributed by atoms with Crippen LogP contribution in [-0.2, 0) is 5.75 Å². The standard InChI is InChI=1S/C15H25NOS/c1-4-16(5-2)10-15(17)12-18-11-14-9-7-6-8-13(14)3/h6-9,15,17H,4-5,10-12H2,1-3H3. The summed E-state index contributed by atoms with van der Waals surface area (Å²) < 4.78 is 0. The summed E-state index contributed by atoms with van der Waals surface area (Å²) in [5, 5.41) is 9.97. The minimum absolute atomic E-state index is 0.223. The molecular weight excluding hydrogens is 242 g/mol. The van der Waals surface area contributed by atoms with Crippen molar-refractivity contribution in [3.63, 3.8) is 0 Å². The molecule has 0 radical (unpaired) electrons. The van der Waals surface area contributed by atoms with Gasteiger partial charge in [0.1, 0.15) is 0 Å². The van der Waals surface area contributed by atoms with Gasteiger partial charge in [0.15, 0.2) is 0 Å². The Morgan fingerprint density at radius 2 is 1.89 bits per heavy atom. The van der Waals surface area contributed by atoms with Crippen molar-refractivity contribution >= 4 is 11.8 Å². The van der Waals surface area contributed by atoms with Crippen LogP contribution in [0.2, 0.25) is 0 Å². The molecule has 0 saturated carbocycles. The lowest BCUT2D eigenvalue weighted by molar-refractivity contribution is 0.137. The number of aryl methyl sites for hydroxylation is 1. The Hall–Kier alpha value is -0.510. The van der Waals surface area contributed by atoms with Crippen LogP contribution in [0, 0.1) is 6.92 Å². The second kappa shape index (κ2) is 8.57. The average Bonchev–Trinajstić information content (AvgIpc) is 2.38. The third-order valence-electron chi connectivity index (χ3n) is 3.19. The lowest BCUT2D eigenvalue weighted by atomic mass is 10.1. The quantitative estimate of drug-likeness (QED) is 0.783. The zero-order valence-corrected chi connectivity index (χ0v) is 12.5. The van der Waals surface area contributed by atoms with Crippen molar-refractivity contribution in [3.05, 3.63) is 35.4 Å². The van der Waals surface area contributed by atoms with Gasteiger partial charge in [-0.1, -0.05) is 38.1 Å². The van der Waals surface area contributed by atoms with E-state index in [4.69, 9.17) is 0 Å². The van der Waals surface area contributed by atoms with E-state index in [9.17, 15) is 5.11 Å². The maximum Gasteiger partial charge on any atom is 0.0757 e. The summed E-state index contributed by atoms with van der Waals surface area (Å²) in [4.78, 5) is 2.26. The number of likely N-dealkylation sites (N-methyl/N-ethyl adjacent to an activating group) is 1. The molecule has 0 aromatic heterocycles. The summed E-state index contributed by atoms with van der Waals surface area (Å²) in [6.07, 6.45) is -0.223. The number of hydrogen-bond acceptors (Lipinski definition) is 3. The molecule has 0 bridgehead atoms. The summed E-state index contributed by atoms with van der Waals surface area (Å²) in [5.74, 6) is 1.80. The normalized spacial score (nSPS) is 12.9. The Morgan fingerprint density at radius 1 is 1.22 bits per heavy atom. The first-order chi connectivity index (χ1) is 8.67. The van der Waals surface area contributed by atoms with Crippen molar-refractivity contribution in [2.45, 2.75) is 32.6 Å². The Bertz CT molecular complexity index is 339. The molecule has 102 valence electrons. The van der Waals surface area contributed by atoms with Gasteiger partial charge in [0.25, 0.3) is 0 Å². The Morgan fingerprint density at radius 3 is 2.50 bits per heavy atom. The molecule has 1 unspecified atom stereocenters. The second-order valence-electron chi connectivity index (χ2n) is 4.58. The molecule has 0 aliphatic rings. The first-order valence-electron chi connectivity index (χ1n) is 6.70. The highest BCUT2D eigenvalue weighted by molar-refractivity contribution is 7.98. The van der Waals surface area contributed by atoms with E-state index in [1.54, 1.807) is 0 Å². The molecule has 1 aromatic rings. The number of aliphatic hydroxyl groups is 1. The molecule has 0 heterocycles. The first kappa shape index (κ1) is 15.5. The van der Waals surface area contributed by atoms with Crippen molar-refractivity contribution in [3.8, 4) is 0 Å². The smallest absolute Gasteiger partial charge is 0.0757 e. The van der Waals surface area contributed by atoms with Crippen LogP contribution in [0.3, 0.4) is 0 Å². The SMILES string of the molecule is CCN(CC)CC(O)CSCc1ccccc1C. The van der Waals surface area contributed by atoms with Crippen LogP contribution in [0.15, 0.2) is 24.3 Å². The number of hydrogen-bond donors (Lipinski definition) is 1. The van der Waals surface area contributed by atoms with E-state index in [0.29, 0.717) is 0 Å². The van der Waals surface area contributed by atoms with Crippen molar-refractivity contribution in [2.75, 3.05) is 25.4 Å². The molecule has 2 nitrogen and oxygen atoms in total. The number of rotatable bonds is 8. The highest BCUT2D eigenvalue weighted by Gasteiger charge is 2.09. The monoisotopic (exact) mass is 267 g/mol. The van der Waals surface area contributed by atoms with Gasteiger partial charge in [-0.05, 0) is 31.1 Å². The largest absolute Gasteiger partial charge is 0.391 e. The van der Waals surface area contributed by atoms with Crippen LogP contribution >= 0.6 is 11.8 Å². The van der Waals surface area contributed by atoms with Gasteiger partial charge in [0.05, 0.1) is 6.10 Å². The van der Waals surface area contributed by atoms with Gasteiger partial charge in [0, 0.05) is 18.1 Å². The fourth-order valence-corrected chi connectivity index (χ4v) is 2.95. The van der Waals surface area contributed by atoms with Crippen LogP contribution in [0.5, 0.6) is 0 Å². The molecular formula is C15H25NOS. The van der Waals surface area contributed by atoms with Gasteiger partial charge in [-0.15, -0.1) is 0 Å². The minimum atomic E-state index is -0.223. The fraction of sp³-hybridized carbons (Fsp3) is 0.600. The lowest BCUT2D eigenvalue weighted by Gasteiger charge is -2.21. The predicted octanol–water partition coefficient (Wildman–Crippen LogP) is 2.93. The van der Waals surface area contributed by atoms with Gasteiger partial charge in [0.2, 0.25) is 0 Å². The summed E-state index contributed by atoms with van der Waals surface area (Å²) in [7, 11) is 0. The zero-order valence-electron chi connectivity index (χ0n) is 11.7. The van der Waals surface area contributed by atoms with Crippen LogP contribution in [0.4, 0.5) is 0 Å². The van der Waals surface area contributed by atoms with Crippen molar-refractivity contribution in [1.29, 1.82) is 0 Å². The summed E-state index contributed by atoms with van der Waals surface area (Å²) >= 11 is 1.81. The van der Waals surface area contributed by atoms with E-state index >= 15 is 0 Å². The highest BCUT2D eigenvalue weighted by atomic mass is 32.2. The van der Waals surface area contributed by atoms with Crippen LogP contribution < -0.4 is 0 Å². The molecule has 0 fully saturated rings. The van der Waals surface area contributed by atoms with Crippen LogP contribution in [0.1, 0.15) is 25.0 Å². The maximum absolute atomic E-state index is 9.97. The summed E-state index contributed by atoms with van der Waals surface area (Å²) in [6.45, 7) is 9.22. The average molecular weight is 267 g/mol. The molecule has 0 saturated heterocycles. The molecule has 0 aliphatic carbocycles. The Kier molecular flexibility index (Phi) is 7.40. The highest BCUT2D eigenvalue weighted by Crippen LogP contribution is 2.16. The molecule has 1 rings (SSSR count). The van der Waals surface area contributed by atoms with Gasteiger partial charge in [-0.3, -0.25) is 0 Å². The maximum atomic E-state index is 9.97. The Balaban J connectivity index is 2.27. The van der Waals surface area contributed by atoms with E-state index in [1.165, 1.54) is 11.1 Å². The Labute approximate surface area is 115 Å². The van der Waals surface area contributed by atoms with Gasteiger partial charge in [-0.25, -0.2) is 0 Å². The number of nitrogens with zero attached hydrogens (tertiary/aromatic N) is 1. The van der Waals surface area contributed by atoms with Crippen molar-refractivity contribution in [2.24, 2.45) is 0 Å². The topological polar surface area (TPSA) is 23.5 Å². The molecule has 1 atom stereocenters. The van der Waals surface area contributed by atoms with E-state index < -0.39 is 0 Å². The van der Waals surface area contributed by atoms with Crippen molar-refractivity contribution in [1.82, 2.24) is 4.90 Å². The first-order valence-corrected chi connectivity index (χ1v) is 7.85. The van der Waals surface area contributed by atoms with E-state index in [-0.39, 0.29) is 6.10 Å². The second-order valence-corrected chi connectivity index (χ2v) is 5.61. The third-order valence-corrected chi connectivity index (χ3v) is 4.33. The van der Waals surface area contributed by atoms with Gasteiger partial charge < -0.3 is 10.0 Å². The number of aliphatic hydroxyl groups excluding tert-OH is 1. The number of thioether (sulfide) groups is 1. The molecule has 1 aromatic carbocycles. The molecule has 1 N–H and O–H groups in total. The minimum Gasteiger partial charge on any atom is -0.391 e. The molecule has 18 heavy (non-hydrogen) atoms. The van der Waals surface area contributed by atoms with Crippen LogP contribution in [0.25, 0.3) is 0 Å². The number of benzene rings is 1. The predicted molar refractivity (Wildman–Crippen MR) is 81.1 cm³/mol. The van der Waals surface area contributed by atoms with E-state index in [0.717, 1.165) is 31.1 Å². The molecule has 0 aliphatic heterocycles. The molecule has 3 heteroatoms.